The molecular weight excluding hydrogens is 244 g/mol. The highest BCUT2D eigenvalue weighted by Crippen LogP contribution is 2.29. The van der Waals surface area contributed by atoms with Crippen LogP contribution in [0, 0.1) is 0 Å². The van der Waals surface area contributed by atoms with E-state index < -0.39 is 0 Å². The number of methoxy groups -OCH3 is 2. The minimum absolute atomic E-state index is 0.0483. The lowest BCUT2D eigenvalue weighted by atomic mass is 10.2. The summed E-state index contributed by atoms with van der Waals surface area (Å²) >= 11 is 0. The number of nitrogens with one attached hydrogen (secondary N) is 2. The summed E-state index contributed by atoms with van der Waals surface area (Å²) in [6.07, 6.45) is 0. The summed E-state index contributed by atoms with van der Waals surface area (Å²) in [6, 6.07) is 5.20. The maximum atomic E-state index is 11.8. The van der Waals surface area contributed by atoms with Gasteiger partial charge in [-0.1, -0.05) is 0 Å². The van der Waals surface area contributed by atoms with E-state index in [1.807, 2.05) is 26.0 Å². The van der Waals surface area contributed by atoms with E-state index in [9.17, 15) is 4.79 Å². The first-order valence-corrected chi connectivity index (χ1v) is 6.26. The quantitative estimate of drug-likeness (QED) is 0.827. The van der Waals surface area contributed by atoms with Crippen LogP contribution in [0.1, 0.15) is 20.8 Å². The van der Waals surface area contributed by atoms with Gasteiger partial charge in [-0.2, -0.15) is 0 Å². The van der Waals surface area contributed by atoms with Crippen LogP contribution < -0.4 is 20.1 Å². The largest absolute Gasteiger partial charge is 0.497 e. The monoisotopic (exact) mass is 266 g/mol. The van der Waals surface area contributed by atoms with Gasteiger partial charge in [0, 0.05) is 12.1 Å². The predicted octanol–water partition coefficient (Wildman–Crippen LogP) is 2.03. The zero-order valence-corrected chi connectivity index (χ0v) is 12.1. The van der Waals surface area contributed by atoms with Crippen LogP contribution in [0.15, 0.2) is 18.2 Å². The van der Waals surface area contributed by atoms with Crippen molar-refractivity contribution in [2.75, 3.05) is 19.5 Å². The zero-order valence-electron chi connectivity index (χ0n) is 12.1. The van der Waals surface area contributed by atoms with Gasteiger partial charge in [0.2, 0.25) is 5.91 Å². The minimum Gasteiger partial charge on any atom is -0.497 e. The van der Waals surface area contributed by atoms with Crippen LogP contribution in [0.3, 0.4) is 0 Å². The Morgan fingerprint density at radius 1 is 1.16 bits per heavy atom. The molecule has 0 heterocycles. The molecule has 1 aromatic rings. The third kappa shape index (κ3) is 4.35. The van der Waals surface area contributed by atoms with Crippen molar-refractivity contribution in [3.8, 4) is 11.5 Å². The third-order valence-electron chi connectivity index (χ3n) is 2.60. The first-order valence-electron chi connectivity index (χ1n) is 6.26. The van der Waals surface area contributed by atoms with E-state index >= 15 is 0 Å². The summed E-state index contributed by atoms with van der Waals surface area (Å²) < 4.78 is 10.4. The molecule has 0 aliphatic carbocycles. The molecule has 5 heteroatoms. The Bertz CT molecular complexity index is 433. The Labute approximate surface area is 114 Å². The van der Waals surface area contributed by atoms with Crippen molar-refractivity contribution >= 4 is 11.6 Å². The van der Waals surface area contributed by atoms with Crippen molar-refractivity contribution in [2.24, 2.45) is 0 Å². The smallest absolute Gasteiger partial charge is 0.242 e. The van der Waals surface area contributed by atoms with Crippen molar-refractivity contribution in [3.63, 3.8) is 0 Å². The number of amides is 1. The number of rotatable bonds is 6. The maximum Gasteiger partial charge on any atom is 0.242 e. The maximum absolute atomic E-state index is 11.8. The highest BCUT2D eigenvalue weighted by Gasteiger charge is 2.15. The first kappa shape index (κ1) is 15.1. The Morgan fingerprint density at radius 2 is 1.84 bits per heavy atom. The highest BCUT2D eigenvalue weighted by atomic mass is 16.5. The number of ether oxygens (including phenoxy) is 2. The van der Waals surface area contributed by atoms with Gasteiger partial charge in [0.15, 0.2) is 0 Å². The van der Waals surface area contributed by atoms with Crippen LogP contribution in [0.25, 0.3) is 0 Å². The molecule has 5 nitrogen and oxygen atoms in total. The zero-order chi connectivity index (χ0) is 14.4. The highest BCUT2D eigenvalue weighted by molar-refractivity contribution is 5.85. The Balaban J connectivity index is 2.78. The second kappa shape index (κ2) is 6.87. The molecule has 106 valence electrons. The first-order chi connectivity index (χ1) is 8.97. The van der Waals surface area contributed by atoms with Gasteiger partial charge < -0.3 is 20.1 Å². The fraction of sp³-hybridized carbons (Fsp3) is 0.500. The van der Waals surface area contributed by atoms with Crippen molar-refractivity contribution < 1.29 is 14.3 Å². The Kier molecular flexibility index (Phi) is 5.48. The lowest BCUT2D eigenvalue weighted by molar-refractivity contribution is -0.122. The number of hydrogen-bond donors (Lipinski definition) is 2. The summed E-state index contributed by atoms with van der Waals surface area (Å²) in [6.45, 7) is 5.67. The molecule has 0 spiro atoms. The van der Waals surface area contributed by atoms with Crippen molar-refractivity contribution in [2.45, 2.75) is 32.9 Å². The standard InChI is InChI=1S/C14H22N2O3/c1-9(2)15-14(17)10(3)16-12-7-6-11(18-4)8-13(12)19-5/h6-10,16H,1-5H3,(H,15,17)/t10-/m1/s1. The molecule has 0 saturated heterocycles. The number of anilines is 1. The van der Waals surface area contributed by atoms with Gasteiger partial charge >= 0.3 is 0 Å². The molecular formula is C14H22N2O3. The number of carbonyl (C=O) groups excluding carboxylic acids is 1. The lowest BCUT2D eigenvalue weighted by Crippen LogP contribution is -2.41. The lowest BCUT2D eigenvalue weighted by Gasteiger charge is -2.19. The molecule has 1 atom stereocenters. The van der Waals surface area contributed by atoms with Crippen molar-refractivity contribution in [1.29, 1.82) is 0 Å². The van der Waals surface area contributed by atoms with Gasteiger partial charge in [-0.05, 0) is 32.9 Å². The van der Waals surface area contributed by atoms with Gasteiger partial charge in [0.1, 0.15) is 17.5 Å². The Morgan fingerprint density at radius 3 is 2.37 bits per heavy atom. The van der Waals surface area contributed by atoms with E-state index in [-0.39, 0.29) is 18.0 Å². The minimum atomic E-state index is -0.343. The molecule has 1 rings (SSSR count). The van der Waals surface area contributed by atoms with Crippen LogP contribution in [-0.4, -0.2) is 32.2 Å². The molecule has 19 heavy (non-hydrogen) atoms. The van der Waals surface area contributed by atoms with E-state index in [2.05, 4.69) is 10.6 Å². The average Bonchev–Trinajstić information content (AvgIpc) is 2.38. The van der Waals surface area contributed by atoms with Gasteiger partial charge in [-0.25, -0.2) is 0 Å². The summed E-state index contributed by atoms with van der Waals surface area (Å²) in [5, 5.41) is 5.98. The number of benzene rings is 1. The fourth-order valence-electron chi connectivity index (χ4n) is 1.63. The molecule has 1 amide bonds. The van der Waals surface area contributed by atoms with Gasteiger partial charge in [0.25, 0.3) is 0 Å². The third-order valence-corrected chi connectivity index (χ3v) is 2.60. The van der Waals surface area contributed by atoms with E-state index in [0.717, 1.165) is 5.69 Å². The molecule has 0 fully saturated rings. The summed E-state index contributed by atoms with van der Waals surface area (Å²) in [4.78, 5) is 11.8. The van der Waals surface area contributed by atoms with Crippen LogP contribution >= 0.6 is 0 Å². The number of hydrogen-bond acceptors (Lipinski definition) is 4. The van der Waals surface area contributed by atoms with Crippen molar-refractivity contribution in [1.82, 2.24) is 5.32 Å². The molecule has 0 bridgehead atoms. The molecule has 0 aliphatic heterocycles. The molecule has 0 saturated carbocycles. The number of carbonyl (C=O) groups is 1. The second-order valence-corrected chi connectivity index (χ2v) is 4.60. The van der Waals surface area contributed by atoms with E-state index in [1.54, 1.807) is 27.2 Å². The molecule has 1 aromatic carbocycles. The molecule has 2 N–H and O–H groups in total. The molecule has 0 aliphatic rings. The summed E-state index contributed by atoms with van der Waals surface area (Å²) in [7, 11) is 3.18. The van der Waals surface area contributed by atoms with Crippen LogP contribution in [0.5, 0.6) is 11.5 Å². The van der Waals surface area contributed by atoms with E-state index in [4.69, 9.17) is 9.47 Å². The molecule has 0 radical (unpaired) electrons. The van der Waals surface area contributed by atoms with Gasteiger partial charge in [-0.3, -0.25) is 4.79 Å². The average molecular weight is 266 g/mol. The predicted molar refractivity (Wildman–Crippen MR) is 75.9 cm³/mol. The summed E-state index contributed by atoms with van der Waals surface area (Å²) in [5.41, 5.74) is 0.759. The second-order valence-electron chi connectivity index (χ2n) is 4.60. The normalized spacial score (nSPS) is 11.9. The van der Waals surface area contributed by atoms with Crippen LogP contribution in [-0.2, 0) is 4.79 Å². The molecule has 0 aromatic heterocycles. The van der Waals surface area contributed by atoms with Gasteiger partial charge in [0.05, 0.1) is 19.9 Å². The van der Waals surface area contributed by atoms with E-state index in [0.29, 0.717) is 11.5 Å². The van der Waals surface area contributed by atoms with Crippen LogP contribution in [0.4, 0.5) is 5.69 Å². The van der Waals surface area contributed by atoms with Crippen LogP contribution in [0.2, 0.25) is 0 Å². The topological polar surface area (TPSA) is 59.6 Å². The Hall–Kier alpha value is -1.91. The van der Waals surface area contributed by atoms with E-state index in [1.165, 1.54) is 0 Å². The molecule has 0 unspecified atom stereocenters. The van der Waals surface area contributed by atoms with Gasteiger partial charge in [-0.15, -0.1) is 0 Å². The fourth-order valence-corrected chi connectivity index (χ4v) is 1.63. The SMILES string of the molecule is COc1ccc(N[C@H](C)C(=O)NC(C)C)c(OC)c1. The summed E-state index contributed by atoms with van der Waals surface area (Å²) in [5.74, 6) is 1.30. The van der Waals surface area contributed by atoms with Crippen molar-refractivity contribution in [3.05, 3.63) is 18.2 Å².